The van der Waals surface area contributed by atoms with Gasteiger partial charge in [0.05, 0.1) is 11.0 Å². The van der Waals surface area contributed by atoms with E-state index >= 15 is 0 Å². The summed E-state index contributed by atoms with van der Waals surface area (Å²) >= 11 is 0. The highest BCUT2D eigenvalue weighted by Crippen LogP contribution is 2.27. The van der Waals surface area contributed by atoms with Crippen molar-refractivity contribution >= 4 is 23.1 Å². The largest absolute Gasteiger partial charge is 0.373 e. The Labute approximate surface area is 115 Å². The van der Waals surface area contributed by atoms with Crippen LogP contribution in [0.3, 0.4) is 0 Å². The molecule has 7 nitrogen and oxygen atoms in total. The van der Waals surface area contributed by atoms with Crippen LogP contribution in [0.25, 0.3) is 0 Å². The van der Waals surface area contributed by atoms with E-state index in [1.54, 1.807) is 11.0 Å². The summed E-state index contributed by atoms with van der Waals surface area (Å²) in [6, 6.07) is 4.36. The number of carbonyl (C=O) groups is 2. The number of anilines is 1. The summed E-state index contributed by atoms with van der Waals surface area (Å²) in [5.74, 6) is -0.226. The molecule has 1 aromatic carbocycles. The fraction of sp³-hybridized carbons (Fsp3) is 0.385. The zero-order valence-corrected chi connectivity index (χ0v) is 11.3. The van der Waals surface area contributed by atoms with Crippen LogP contribution < -0.4 is 5.32 Å². The molecule has 1 heterocycles. The van der Waals surface area contributed by atoms with Gasteiger partial charge in [-0.3, -0.25) is 19.7 Å². The Morgan fingerprint density at radius 2 is 2.00 bits per heavy atom. The first-order valence-corrected chi connectivity index (χ1v) is 6.20. The van der Waals surface area contributed by atoms with Gasteiger partial charge in [0.15, 0.2) is 5.78 Å². The fourth-order valence-electron chi connectivity index (χ4n) is 2.07. The van der Waals surface area contributed by atoms with Gasteiger partial charge in [-0.1, -0.05) is 0 Å². The first-order chi connectivity index (χ1) is 9.38. The van der Waals surface area contributed by atoms with Crippen molar-refractivity contribution in [2.45, 2.75) is 19.9 Å². The van der Waals surface area contributed by atoms with E-state index in [9.17, 15) is 19.7 Å². The predicted molar refractivity (Wildman–Crippen MR) is 72.8 cm³/mol. The number of hydrogen-bond donors (Lipinski definition) is 1. The second kappa shape index (κ2) is 5.28. The number of nitrogens with zero attached hydrogens (tertiary/aromatic N) is 2. The third-order valence-electron chi connectivity index (χ3n) is 3.29. The molecule has 7 heteroatoms. The number of carbonyl (C=O) groups excluding carboxylic acids is 2. The van der Waals surface area contributed by atoms with Crippen LogP contribution in [-0.4, -0.2) is 40.6 Å². The van der Waals surface area contributed by atoms with Crippen molar-refractivity contribution in [3.05, 3.63) is 33.9 Å². The number of likely N-dealkylation sites (tertiary alicyclic amines) is 1. The lowest BCUT2D eigenvalue weighted by Crippen LogP contribution is -2.56. The highest BCUT2D eigenvalue weighted by Gasteiger charge is 2.30. The normalized spacial score (nSPS) is 14.6. The summed E-state index contributed by atoms with van der Waals surface area (Å²) in [6.07, 6.45) is 0. The molecule has 20 heavy (non-hydrogen) atoms. The van der Waals surface area contributed by atoms with Gasteiger partial charge in [0.2, 0.25) is 5.91 Å². The van der Waals surface area contributed by atoms with E-state index in [0.29, 0.717) is 24.3 Å². The minimum atomic E-state index is -0.518. The van der Waals surface area contributed by atoms with Gasteiger partial charge < -0.3 is 10.2 Å². The van der Waals surface area contributed by atoms with E-state index in [1.807, 2.05) is 0 Å². The third kappa shape index (κ3) is 2.76. The Hall–Kier alpha value is -2.44. The van der Waals surface area contributed by atoms with Crippen molar-refractivity contribution in [3.8, 4) is 0 Å². The van der Waals surface area contributed by atoms with Crippen molar-refractivity contribution in [2.24, 2.45) is 0 Å². The van der Waals surface area contributed by atoms with Crippen molar-refractivity contribution in [3.63, 3.8) is 0 Å². The topological polar surface area (TPSA) is 92.6 Å². The Kier molecular flexibility index (Phi) is 3.69. The molecule has 2 rings (SSSR count). The van der Waals surface area contributed by atoms with E-state index < -0.39 is 4.92 Å². The molecule has 1 aliphatic heterocycles. The first kappa shape index (κ1) is 14.0. The summed E-state index contributed by atoms with van der Waals surface area (Å²) in [7, 11) is 0. The third-order valence-corrected chi connectivity index (χ3v) is 3.29. The number of Topliss-reactive ketones (excluding diaryl/α,β-unsaturated/α-hetero) is 1. The van der Waals surface area contributed by atoms with E-state index in [1.165, 1.54) is 26.0 Å². The van der Waals surface area contributed by atoms with Gasteiger partial charge in [-0.15, -0.1) is 0 Å². The molecule has 0 aromatic heterocycles. The van der Waals surface area contributed by atoms with Crippen molar-refractivity contribution in [1.29, 1.82) is 0 Å². The maximum absolute atomic E-state index is 11.3. The van der Waals surface area contributed by atoms with Crippen molar-refractivity contribution in [2.75, 3.05) is 18.4 Å². The van der Waals surface area contributed by atoms with Crippen LogP contribution in [-0.2, 0) is 4.79 Å². The Bertz CT molecular complexity index is 579. The molecule has 0 bridgehead atoms. The molecule has 0 aliphatic carbocycles. The summed E-state index contributed by atoms with van der Waals surface area (Å²) in [4.78, 5) is 34.5. The second-order valence-electron chi connectivity index (χ2n) is 4.81. The number of nitro benzene ring substituents is 1. The molecule has 106 valence electrons. The number of amides is 1. The molecule has 0 unspecified atom stereocenters. The lowest BCUT2D eigenvalue weighted by molar-refractivity contribution is -0.384. The number of ketones is 1. The minimum absolute atomic E-state index is 0.000720. The molecule has 1 N–H and O–H groups in total. The van der Waals surface area contributed by atoms with Crippen molar-refractivity contribution < 1.29 is 14.5 Å². The van der Waals surface area contributed by atoms with Gasteiger partial charge in [-0.05, 0) is 19.1 Å². The van der Waals surface area contributed by atoms with Gasteiger partial charge in [-0.2, -0.15) is 0 Å². The summed E-state index contributed by atoms with van der Waals surface area (Å²) < 4.78 is 0. The molecular weight excluding hydrogens is 262 g/mol. The smallest absolute Gasteiger partial charge is 0.293 e. The minimum Gasteiger partial charge on any atom is -0.373 e. The van der Waals surface area contributed by atoms with Gasteiger partial charge in [-0.25, -0.2) is 0 Å². The Morgan fingerprint density at radius 1 is 1.35 bits per heavy atom. The average Bonchev–Trinajstić information content (AvgIpc) is 2.32. The maximum Gasteiger partial charge on any atom is 0.293 e. The molecule has 0 spiro atoms. The predicted octanol–water partition coefficient (Wildman–Crippen LogP) is 1.44. The van der Waals surface area contributed by atoms with Gasteiger partial charge in [0.1, 0.15) is 5.69 Å². The fourth-order valence-corrected chi connectivity index (χ4v) is 2.07. The van der Waals surface area contributed by atoms with Crippen LogP contribution in [0.2, 0.25) is 0 Å². The SMILES string of the molecule is CC(=O)c1ccc(NC2CN(C(C)=O)C2)c([N+](=O)[O-])c1. The van der Waals surface area contributed by atoms with Gasteiger partial charge in [0, 0.05) is 31.6 Å². The molecule has 0 atom stereocenters. The molecule has 1 saturated heterocycles. The van der Waals surface area contributed by atoms with E-state index in [2.05, 4.69) is 5.32 Å². The zero-order valence-electron chi connectivity index (χ0n) is 11.3. The summed E-state index contributed by atoms with van der Waals surface area (Å²) in [5.41, 5.74) is 0.549. The molecule has 0 saturated carbocycles. The highest BCUT2D eigenvalue weighted by molar-refractivity contribution is 5.95. The van der Waals surface area contributed by atoms with E-state index in [4.69, 9.17) is 0 Å². The molecular formula is C13H15N3O4. The van der Waals surface area contributed by atoms with Crippen LogP contribution >= 0.6 is 0 Å². The number of benzene rings is 1. The van der Waals surface area contributed by atoms with E-state index in [0.717, 1.165) is 0 Å². The van der Waals surface area contributed by atoms with Crippen molar-refractivity contribution in [1.82, 2.24) is 4.90 Å². The van der Waals surface area contributed by atoms with Crippen LogP contribution in [0.1, 0.15) is 24.2 Å². The highest BCUT2D eigenvalue weighted by atomic mass is 16.6. The number of hydrogen-bond acceptors (Lipinski definition) is 5. The standard InChI is InChI=1S/C13H15N3O4/c1-8(17)10-3-4-12(13(5-10)16(19)20)14-11-6-15(7-11)9(2)18/h3-5,11,14H,6-7H2,1-2H3. The summed E-state index contributed by atoms with van der Waals surface area (Å²) in [6.45, 7) is 3.91. The Morgan fingerprint density at radius 3 is 2.50 bits per heavy atom. The monoisotopic (exact) mass is 277 g/mol. The van der Waals surface area contributed by atoms with Gasteiger partial charge >= 0.3 is 0 Å². The van der Waals surface area contributed by atoms with E-state index in [-0.39, 0.29) is 23.4 Å². The Balaban J connectivity index is 2.14. The molecule has 0 radical (unpaired) electrons. The molecule has 1 fully saturated rings. The quantitative estimate of drug-likeness (QED) is 0.510. The maximum atomic E-state index is 11.3. The average molecular weight is 277 g/mol. The van der Waals surface area contributed by atoms with Crippen LogP contribution in [0, 0.1) is 10.1 Å². The summed E-state index contributed by atoms with van der Waals surface area (Å²) in [5, 5.41) is 14.1. The lowest BCUT2D eigenvalue weighted by Gasteiger charge is -2.39. The molecule has 1 aromatic rings. The van der Waals surface area contributed by atoms with Gasteiger partial charge in [0.25, 0.3) is 5.69 Å². The van der Waals surface area contributed by atoms with Crippen LogP contribution in [0.4, 0.5) is 11.4 Å². The van der Waals surface area contributed by atoms with Crippen LogP contribution in [0.15, 0.2) is 18.2 Å². The van der Waals surface area contributed by atoms with Crippen LogP contribution in [0.5, 0.6) is 0 Å². The second-order valence-corrected chi connectivity index (χ2v) is 4.81. The molecule has 1 aliphatic rings. The number of nitrogens with one attached hydrogen (secondary N) is 1. The first-order valence-electron chi connectivity index (χ1n) is 6.20. The molecule has 1 amide bonds. The number of nitro groups is 1. The zero-order chi connectivity index (χ0) is 14.9. The lowest BCUT2D eigenvalue weighted by atomic mass is 10.1. The number of rotatable bonds is 4.